The van der Waals surface area contributed by atoms with E-state index in [-0.39, 0.29) is 22.8 Å². The Morgan fingerprint density at radius 1 is 0.488 bits per heavy atom. The van der Waals surface area contributed by atoms with Crippen LogP contribution in [0.1, 0.15) is 185 Å². The van der Waals surface area contributed by atoms with E-state index in [0.29, 0.717) is 32.0 Å². The summed E-state index contributed by atoms with van der Waals surface area (Å²) in [5, 5.41) is 21.6. The number of hydrogen-bond acceptors (Lipinski definition) is 5. The predicted octanol–water partition coefficient (Wildman–Crippen LogP) is 11.4. The molecule has 43 heavy (non-hydrogen) atoms. The molecule has 0 saturated heterocycles. The molecule has 0 atom stereocenters. The molecule has 6 heteroatoms. The summed E-state index contributed by atoms with van der Waals surface area (Å²) in [7, 11) is 0. The summed E-state index contributed by atoms with van der Waals surface area (Å²) in [5.74, 6) is -0.650. The number of phenols is 1. The normalized spacial score (nSPS) is 11.2. The van der Waals surface area contributed by atoms with E-state index in [1.165, 1.54) is 57.8 Å². The Labute approximate surface area is 264 Å². The second-order valence-electron chi connectivity index (χ2n) is 12.2. The van der Waals surface area contributed by atoms with Gasteiger partial charge in [0.1, 0.15) is 0 Å². The average Bonchev–Trinajstić information content (AvgIpc) is 2.99. The van der Waals surface area contributed by atoms with Crippen LogP contribution in [0.25, 0.3) is 0 Å². The minimum absolute atomic E-state index is 0.169. The van der Waals surface area contributed by atoms with Crippen molar-refractivity contribution in [1.82, 2.24) is 0 Å². The minimum Gasteiger partial charge on any atom is -0.504 e. The van der Waals surface area contributed by atoms with Crippen molar-refractivity contribution in [2.24, 2.45) is 0 Å². The summed E-state index contributed by atoms with van der Waals surface area (Å²) in [6.45, 7) is 10.1. The molecule has 0 aliphatic carbocycles. The summed E-state index contributed by atoms with van der Waals surface area (Å²) in [4.78, 5) is 12.6. The fourth-order valence-electron chi connectivity index (χ4n) is 5.49. The van der Waals surface area contributed by atoms with E-state index in [1.807, 2.05) is 0 Å². The van der Waals surface area contributed by atoms with Gasteiger partial charge in [-0.1, -0.05) is 143 Å². The number of aromatic carboxylic acids is 1. The number of hydrogen-bond donors (Lipinski definition) is 2. The highest BCUT2D eigenvalue weighted by Gasteiger charge is 2.31. The van der Waals surface area contributed by atoms with Gasteiger partial charge in [0.15, 0.2) is 28.6 Å². The topological polar surface area (TPSA) is 85.2 Å². The van der Waals surface area contributed by atoms with E-state index >= 15 is 0 Å². The first-order chi connectivity index (χ1) is 21.0. The summed E-state index contributed by atoms with van der Waals surface area (Å²) in [6, 6.07) is 0. The van der Waals surface area contributed by atoms with Crippen molar-refractivity contribution < 1.29 is 29.2 Å². The van der Waals surface area contributed by atoms with Crippen molar-refractivity contribution in [2.45, 2.75) is 175 Å². The molecule has 1 aromatic rings. The van der Waals surface area contributed by atoms with Crippen LogP contribution in [0.15, 0.2) is 0 Å². The molecule has 0 radical (unpaired) electrons. The molecule has 0 spiro atoms. The molecule has 1 rings (SSSR count). The number of benzene rings is 1. The SMILES string of the molecule is CCCCCCCCCOc1c(CCCCCC)c(OCCCCCC)c(O)c(C(=O)O)c1OCCCCCCCCC. The van der Waals surface area contributed by atoms with Gasteiger partial charge < -0.3 is 24.4 Å². The molecule has 0 amide bonds. The Hall–Kier alpha value is -2.11. The van der Waals surface area contributed by atoms with Crippen LogP contribution in [0.3, 0.4) is 0 Å². The van der Waals surface area contributed by atoms with Crippen LogP contribution in [0.4, 0.5) is 0 Å². The average molecular weight is 607 g/mol. The lowest BCUT2D eigenvalue weighted by atomic mass is 9.99. The van der Waals surface area contributed by atoms with Crippen molar-refractivity contribution in [3.8, 4) is 23.0 Å². The molecular formula is C37H66O6. The lowest BCUT2D eigenvalue weighted by Gasteiger charge is -2.23. The monoisotopic (exact) mass is 606 g/mol. The van der Waals surface area contributed by atoms with Crippen molar-refractivity contribution in [3.63, 3.8) is 0 Å². The number of aromatic hydroxyl groups is 1. The smallest absolute Gasteiger partial charge is 0.343 e. The second kappa shape index (κ2) is 26.3. The highest BCUT2D eigenvalue weighted by atomic mass is 16.5. The number of unbranched alkanes of at least 4 members (excludes halogenated alkanes) is 18. The van der Waals surface area contributed by atoms with Crippen LogP contribution < -0.4 is 14.2 Å². The van der Waals surface area contributed by atoms with Gasteiger partial charge in [0.2, 0.25) is 0 Å². The largest absolute Gasteiger partial charge is 0.504 e. The molecule has 6 nitrogen and oxygen atoms in total. The van der Waals surface area contributed by atoms with Crippen molar-refractivity contribution in [1.29, 1.82) is 0 Å². The fraction of sp³-hybridized carbons (Fsp3) is 0.811. The van der Waals surface area contributed by atoms with Gasteiger partial charge in [-0.2, -0.15) is 0 Å². The summed E-state index contributed by atoms with van der Waals surface area (Å²) in [5.41, 5.74) is 0.519. The Balaban J connectivity index is 3.25. The van der Waals surface area contributed by atoms with E-state index in [1.54, 1.807) is 0 Å². The Morgan fingerprint density at radius 2 is 0.837 bits per heavy atom. The molecular weight excluding hydrogens is 540 g/mol. The maximum absolute atomic E-state index is 12.6. The first-order valence-electron chi connectivity index (χ1n) is 18.1. The fourth-order valence-corrected chi connectivity index (χ4v) is 5.49. The molecule has 0 heterocycles. The van der Waals surface area contributed by atoms with Crippen LogP contribution >= 0.6 is 0 Å². The Kier molecular flexibility index (Phi) is 23.8. The number of carboxylic acids is 1. The second-order valence-corrected chi connectivity index (χ2v) is 12.2. The van der Waals surface area contributed by atoms with E-state index in [0.717, 1.165) is 89.0 Å². The molecule has 0 bridgehead atoms. The number of ether oxygens (including phenoxy) is 3. The molecule has 1 aromatic carbocycles. The van der Waals surface area contributed by atoms with Crippen molar-refractivity contribution in [3.05, 3.63) is 11.1 Å². The van der Waals surface area contributed by atoms with Crippen LogP contribution in [0, 0.1) is 0 Å². The Morgan fingerprint density at radius 3 is 1.28 bits per heavy atom. The lowest BCUT2D eigenvalue weighted by molar-refractivity contribution is 0.0686. The maximum atomic E-state index is 12.6. The van der Waals surface area contributed by atoms with Gasteiger partial charge in [-0.05, 0) is 32.1 Å². The van der Waals surface area contributed by atoms with Gasteiger partial charge in [-0.15, -0.1) is 0 Å². The first kappa shape index (κ1) is 38.9. The summed E-state index contributed by atoms with van der Waals surface area (Å²) in [6.07, 6.45) is 25.2. The van der Waals surface area contributed by atoms with Gasteiger partial charge in [-0.25, -0.2) is 4.79 Å². The van der Waals surface area contributed by atoms with E-state index in [2.05, 4.69) is 27.7 Å². The van der Waals surface area contributed by atoms with Crippen LogP contribution in [0.2, 0.25) is 0 Å². The van der Waals surface area contributed by atoms with E-state index in [4.69, 9.17) is 14.2 Å². The van der Waals surface area contributed by atoms with Gasteiger partial charge in [-0.3, -0.25) is 0 Å². The van der Waals surface area contributed by atoms with Gasteiger partial charge in [0.25, 0.3) is 0 Å². The quantitative estimate of drug-likeness (QED) is 0.0847. The standard InChI is InChI=1S/C37H66O6/c1-5-9-13-17-19-21-25-29-42-35-31(27-23-15-11-7-3)34(41-28-24-16-12-8-4)33(38)32(37(39)40)36(35)43-30-26-22-20-18-14-10-6-2/h38H,5-30H2,1-4H3,(H,39,40). The highest BCUT2D eigenvalue weighted by molar-refractivity contribution is 5.97. The lowest BCUT2D eigenvalue weighted by Crippen LogP contribution is -2.13. The zero-order chi connectivity index (χ0) is 31.5. The third kappa shape index (κ3) is 16.5. The highest BCUT2D eigenvalue weighted by Crippen LogP contribution is 2.49. The zero-order valence-corrected chi connectivity index (χ0v) is 28.4. The van der Waals surface area contributed by atoms with Gasteiger partial charge >= 0.3 is 5.97 Å². The van der Waals surface area contributed by atoms with Gasteiger partial charge in [0, 0.05) is 5.56 Å². The molecule has 0 aliphatic rings. The van der Waals surface area contributed by atoms with Crippen LogP contribution in [0.5, 0.6) is 23.0 Å². The summed E-state index contributed by atoms with van der Waals surface area (Å²) < 4.78 is 18.8. The van der Waals surface area contributed by atoms with Crippen LogP contribution in [-0.4, -0.2) is 36.0 Å². The third-order valence-electron chi connectivity index (χ3n) is 8.16. The van der Waals surface area contributed by atoms with Crippen LogP contribution in [-0.2, 0) is 6.42 Å². The molecule has 0 fully saturated rings. The molecule has 0 aliphatic heterocycles. The minimum atomic E-state index is -1.22. The number of rotatable bonds is 30. The third-order valence-corrected chi connectivity index (χ3v) is 8.16. The molecule has 0 unspecified atom stereocenters. The summed E-state index contributed by atoms with van der Waals surface area (Å²) >= 11 is 0. The van der Waals surface area contributed by atoms with E-state index in [9.17, 15) is 15.0 Å². The number of carbonyl (C=O) groups is 1. The van der Waals surface area contributed by atoms with Crippen molar-refractivity contribution in [2.75, 3.05) is 19.8 Å². The first-order valence-corrected chi connectivity index (χ1v) is 18.1. The predicted molar refractivity (Wildman–Crippen MR) is 180 cm³/mol. The Bertz CT molecular complexity index is 837. The van der Waals surface area contributed by atoms with Gasteiger partial charge in [0.05, 0.1) is 19.8 Å². The number of carboxylic acid groups (broad SMARTS) is 1. The molecule has 250 valence electrons. The van der Waals surface area contributed by atoms with E-state index < -0.39 is 5.97 Å². The zero-order valence-electron chi connectivity index (χ0n) is 28.4. The maximum Gasteiger partial charge on any atom is 0.343 e. The molecule has 0 aromatic heterocycles. The van der Waals surface area contributed by atoms with Crippen molar-refractivity contribution >= 4 is 5.97 Å². The molecule has 2 N–H and O–H groups in total. The molecule has 0 saturated carbocycles.